The first kappa shape index (κ1) is 24.4. The Bertz CT molecular complexity index is 1450. The van der Waals surface area contributed by atoms with Gasteiger partial charge in [0.05, 0.1) is 11.6 Å². The highest BCUT2D eigenvalue weighted by atomic mass is 35.5. The topological polar surface area (TPSA) is 97.9 Å². The van der Waals surface area contributed by atoms with Crippen LogP contribution in [0, 0.1) is 6.92 Å². The number of aromatic nitrogens is 2. The van der Waals surface area contributed by atoms with Crippen molar-refractivity contribution in [2.45, 2.75) is 31.8 Å². The fourth-order valence-electron chi connectivity index (χ4n) is 4.89. The van der Waals surface area contributed by atoms with Crippen LogP contribution >= 0.6 is 12.4 Å². The molecule has 1 atom stereocenters. The maximum atomic E-state index is 10.7. The van der Waals surface area contributed by atoms with Gasteiger partial charge < -0.3 is 28.0 Å². The van der Waals surface area contributed by atoms with Crippen LogP contribution in [0.2, 0.25) is 0 Å². The predicted octanol–water partition coefficient (Wildman–Crippen LogP) is 5.58. The molecule has 36 heavy (non-hydrogen) atoms. The molecule has 3 aromatic heterocycles. The molecule has 0 saturated carbocycles. The third kappa shape index (κ3) is 4.97. The second kappa shape index (κ2) is 10.3. The Balaban J connectivity index is 0.00000267. The molecule has 9 heteroatoms. The van der Waals surface area contributed by atoms with Crippen LogP contribution in [0.25, 0.3) is 33.6 Å². The molecule has 0 bridgehead atoms. The number of aliphatic hydroxyl groups excluding tert-OH is 1. The van der Waals surface area contributed by atoms with E-state index in [4.69, 9.17) is 18.0 Å². The molecular weight excluding hydrogens is 482 g/mol. The highest BCUT2D eigenvalue weighted by Gasteiger charge is 2.23. The van der Waals surface area contributed by atoms with Crippen molar-refractivity contribution in [2.75, 3.05) is 26.2 Å². The van der Waals surface area contributed by atoms with Crippen LogP contribution in [0.15, 0.2) is 68.0 Å². The summed E-state index contributed by atoms with van der Waals surface area (Å²) in [5, 5.41) is 20.5. The average molecular weight is 510 g/mol. The monoisotopic (exact) mass is 509 g/mol. The summed E-state index contributed by atoms with van der Waals surface area (Å²) in [6.45, 7) is 4.43. The van der Waals surface area contributed by atoms with Gasteiger partial charge in [0.25, 0.3) is 5.89 Å². The zero-order chi connectivity index (χ0) is 23.8. The number of rotatable bonds is 7. The zero-order valence-electron chi connectivity index (χ0n) is 19.9. The fraction of sp³-hybridized carbons (Fsp3) is 0.333. The van der Waals surface area contributed by atoms with Crippen molar-refractivity contribution in [1.29, 1.82) is 0 Å². The van der Waals surface area contributed by atoms with Gasteiger partial charge in [0.15, 0.2) is 5.76 Å². The minimum atomic E-state index is -0.589. The summed E-state index contributed by atoms with van der Waals surface area (Å²) in [5.74, 6) is 2.49. The Kier molecular flexibility index (Phi) is 7.00. The van der Waals surface area contributed by atoms with E-state index in [9.17, 15) is 5.11 Å². The smallest absolute Gasteiger partial charge is 0.283 e. The summed E-state index contributed by atoms with van der Waals surface area (Å²) in [5.41, 5.74) is 2.96. The third-order valence-electron chi connectivity index (χ3n) is 6.69. The van der Waals surface area contributed by atoms with E-state index in [1.54, 1.807) is 13.2 Å². The van der Waals surface area contributed by atoms with Crippen LogP contribution in [-0.2, 0) is 0 Å². The summed E-state index contributed by atoms with van der Waals surface area (Å²) in [6, 6.07) is 15.9. The van der Waals surface area contributed by atoms with Crippen molar-refractivity contribution >= 4 is 34.3 Å². The van der Waals surface area contributed by atoms with Crippen molar-refractivity contribution in [1.82, 2.24) is 15.1 Å². The van der Waals surface area contributed by atoms with Gasteiger partial charge in [-0.25, -0.2) is 0 Å². The highest BCUT2D eigenvalue weighted by Crippen LogP contribution is 2.33. The molecule has 1 saturated heterocycles. The number of hydrogen-bond donors (Lipinski definition) is 1. The van der Waals surface area contributed by atoms with Crippen molar-refractivity contribution < 1.29 is 23.1 Å². The summed E-state index contributed by atoms with van der Waals surface area (Å²) >= 11 is 0. The molecule has 1 aliphatic rings. The van der Waals surface area contributed by atoms with E-state index in [2.05, 4.69) is 33.3 Å². The maximum absolute atomic E-state index is 10.7. The Morgan fingerprint density at radius 3 is 2.72 bits per heavy atom. The Hall–Kier alpha value is -3.33. The molecule has 0 amide bonds. The van der Waals surface area contributed by atoms with Crippen molar-refractivity contribution in [3.05, 3.63) is 66.2 Å². The number of nitrogens with zero attached hydrogens (tertiary/aromatic N) is 3. The summed E-state index contributed by atoms with van der Waals surface area (Å²) in [4.78, 5) is 2.31. The van der Waals surface area contributed by atoms with Gasteiger partial charge in [-0.2, -0.15) is 0 Å². The summed E-state index contributed by atoms with van der Waals surface area (Å²) in [6.07, 6.45) is 3.29. The lowest BCUT2D eigenvalue weighted by molar-refractivity contribution is 0.0599. The molecule has 188 valence electrons. The molecule has 1 N–H and O–H groups in total. The molecule has 5 aromatic rings. The number of benzene rings is 2. The molecule has 0 aliphatic carbocycles. The average Bonchev–Trinajstić information content (AvgIpc) is 3.62. The van der Waals surface area contributed by atoms with Crippen LogP contribution in [0.1, 0.15) is 30.2 Å². The minimum Gasteiger partial charge on any atom is -0.490 e. The quantitative estimate of drug-likeness (QED) is 0.303. The van der Waals surface area contributed by atoms with Gasteiger partial charge in [-0.15, -0.1) is 22.6 Å². The van der Waals surface area contributed by atoms with E-state index in [0.717, 1.165) is 42.3 Å². The molecule has 0 radical (unpaired) electrons. The van der Waals surface area contributed by atoms with E-state index in [1.165, 1.54) is 5.56 Å². The number of piperidine rings is 1. The Morgan fingerprint density at radius 2 is 1.92 bits per heavy atom. The number of likely N-dealkylation sites (tertiary alicyclic amines) is 1. The number of aliphatic hydroxyl groups is 1. The fourth-order valence-corrected chi connectivity index (χ4v) is 4.89. The lowest BCUT2D eigenvalue weighted by Crippen LogP contribution is -2.40. The lowest BCUT2D eigenvalue weighted by Gasteiger charge is -2.33. The highest BCUT2D eigenvalue weighted by molar-refractivity contribution is 5.87. The molecular formula is C27H28ClN3O5. The molecule has 2 aromatic carbocycles. The van der Waals surface area contributed by atoms with Gasteiger partial charge in [-0.3, -0.25) is 0 Å². The van der Waals surface area contributed by atoms with Crippen LogP contribution in [0.4, 0.5) is 0 Å². The van der Waals surface area contributed by atoms with Crippen LogP contribution in [0.5, 0.6) is 5.75 Å². The zero-order valence-corrected chi connectivity index (χ0v) is 20.7. The first-order valence-corrected chi connectivity index (χ1v) is 12.0. The number of ether oxygens (including phenoxy) is 1. The van der Waals surface area contributed by atoms with Gasteiger partial charge >= 0.3 is 0 Å². The normalized spacial score (nSPS) is 15.8. The van der Waals surface area contributed by atoms with Crippen LogP contribution < -0.4 is 4.74 Å². The summed E-state index contributed by atoms with van der Waals surface area (Å²) < 4.78 is 22.8. The SMILES string of the molecule is Cc1nnc(-c2cc3c(OC[C@@H](O)CN4CCC(c5ccc6occc6c5)CC4)cccc3o2)o1.Cl. The third-order valence-corrected chi connectivity index (χ3v) is 6.69. The largest absolute Gasteiger partial charge is 0.490 e. The summed E-state index contributed by atoms with van der Waals surface area (Å²) in [7, 11) is 0. The van der Waals surface area contributed by atoms with E-state index < -0.39 is 6.10 Å². The second-order valence-corrected chi connectivity index (χ2v) is 9.16. The van der Waals surface area contributed by atoms with Gasteiger partial charge in [0.2, 0.25) is 5.89 Å². The lowest BCUT2D eigenvalue weighted by atomic mass is 9.89. The standard InChI is InChI=1S/C27H27N3O5.ClH/c1-17-28-29-27(34-17)26-14-22-24(3-2-4-25(22)35-26)33-16-21(31)15-30-10-7-18(8-11-30)19-5-6-23-20(13-19)9-12-32-23;/h2-6,9,12-14,18,21,31H,7-8,10-11,15-16H2,1H3;1H/t21-;/m0./s1. The Labute approximate surface area is 214 Å². The van der Waals surface area contributed by atoms with Gasteiger partial charge in [0, 0.05) is 24.9 Å². The predicted molar refractivity (Wildman–Crippen MR) is 138 cm³/mol. The number of aryl methyl sites for hydroxylation is 1. The van der Waals surface area contributed by atoms with Crippen molar-refractivity contribution in [3.8, 4) is 17.4 Å². The number of hydrogen-bond acceptors (Lipinski definition) is 8. The molecule has 4 heterocycles. The molecule has 1 aliphatic heterocycles. The number of β-amino-alcohol motifs (C(OH)–C–C–N with tert-alkyl or cyclic N) is 1. The van der Waals surface area contributed by atoms with Gasteiger partial charge in [-0.1, -0.05) is 12.1 Å². The number of fused-ring (bicyclic) bond motifs is 2. The van der Waals surface area contributed by atoms with Gasteiger partial charge in [-0.05, 0) is 67.7 Å². The van der Waals surface area contributed by atoms with Crippen LogP contribution in [-0.4, -0.2) is 52.5 Å². The van der Waals surface area contributed by atoms with E-state index in [1.807, 2.05) is 30.3 Å². The van der Waals surface area contributed by atoms with Crippen molar-refractivity contribution in [3.63, 3.8) is 0 Å². The van der Waals surface area contributed by atoms with E-state index in [-0.39, 0.29) is 19.0 Å². The maximum Gasteiger partial charge on any atom is 0.283 e. The minimum absolute atomic E-state index is 0. The first-order valence-electron chi connectivity index (χ1n) is 12.0. The van der Waals surface area contributed by atoms with E-state index >= 15 is 0 Å². The molecule has 6 rings (SSSR count). The van der Waals surface area contributed by atoms with Gasteiger partial charge in [0.1, 0.15) is 29.6 Å². The molecule has 0 unspecified atom stereocenters. The molecule has 1 fully saturated rings. The molecule has 8 nitrogen and oxygen atoms in total. The number of furan rings is 2. The Morgan fingerprint density at radius 1 is 1.06 bits per heavy atom. The number of halogens is 1. The second-order valence-electron chi connectivity index (χ2n) is 9.16. The first-order chi connectivity index (χ1) is 17.1. The molecule has 0 spiro atoms. The van der Waals surface area contributed by atoms with Crippen LogP contribution in [0.3, 0.4) is 0 Å². The van der Waals surface area contributed by atoms with E-state index in [0.29, 0.717) is 41.3 Å². The van der Waals surface area contributed by atoms with Crippen molar-refractivity contribution in [2.24, 2.45) is 0 Å².